The van der Waals surface area contributed by atoms with Gasteiger partial charge < -0.3 is 11.1 Å². The van der Waals surface area contributed by atoms with Crippen molar-refractivity contribution in [2.45, 2.75) is 31.8 Å². The predicted octanol–water partition coefficient (Wildman–Crippen LogP) is 2.95. The Balaban J connectivity index is 1.71. The van der Waals surface area contributed by atoms with Crippen LogP contribution in [0.2, 0.25) is 0 Å². The van der Waals surface area contributed by atoms with Crippen molar-refractivity contribution >= 4 is 5.91 Å². The van der Waals surface area contributed by atoms with Crippen molar-refractivity contribution in [3.63, 3.8) is 0 Å². The van der Waals surface area contributed by atoms with Crippen LogP contribution in [0.15, 0.2) is 48.5 Å². The van der Waals surface area contributed by atoms with Crippen LogP contribution in [0.5, 0.6) is 0 Å². The van der Waals surface area contributed by atoms with Gasteiger partial charge in [-0.1, -0.05) is 36.4 Å². The number of amides is 1. The lowest BCUT2D eigenvalue weighted by Crippen LogP contribution is -2.25. The Morgan fingerprint density at radius 2 is 2.05 bits per heavy atom. The third-order valence-corrected chi connectivity index (χ3v) is 4.13. The van der Waals surface area contributed by atoms with E-state index in [1.54, 1.807) is 6.07 Å². The standard InChI is InChI=1S/C18H20N2O/c19-18(21)15-8-3-5-13(11-15)12-20-17-10-4-7-14-6-1-2-9-16(14)17/h1-3,5-6,8-9,11,17,20H,4,7,10,12H2,(H2,19,21). The molecule has 21 heavy (non-hydrogen) atoms. The van der Waals surface area contributed by atoms with E-state index in [0.717, 1.165) is 18.5 Å². The summed E-state index contributed by atoms with van der Waals surface area (Å²) in [5, 5.41) is 3.61. The molecular weight excluding hydrogens is 260 g/mol. The minimum absolute atomic E-state index is 0.375. The molecule has 0 bridgehead atoms. The number of fused-ring (bicyclic) bond motifs is 1. The summed E-state index contributed by atoms with van der Waals surface area (Å²) in [5.41, 5.74) is 9.85. The van der Waals surface area contributed by atoms with Crippen molar-refractivity contribution in [2.75, 3.05) is 0 Å². The molecule has 1 amide bonds. The van der Waals surface area contributed by atoms with E-state index in [9.17, 15) is 4.79 Å². The number of rotatable bonds is 4. The Hall–Kier alpha value is -2.13. The van der Waals surface area contributed by atoms with Crippen molar-refractivity contribution in [3.05, 3.63) is 70.8 Å². The smallest absolute Gasteiger partial charge is 0.248 e. The van der Waals surface area contributed by atoms with E-state index in [1.165, 1.54) is 24.0 Å². The van der Waals surface area contributed by atoms with Gasteiger partial charge in [0.25, 0.3) is 0 Å². The van der Waals surface area contributed by atoms with Gasteiger partial charge >= 0.3 is 0 Å². The van der Waals surface area contributed by atoms with E-state index in [4.69, 9.17) is 5.73 Å². The molecule has 2 aromatic rings. The first kappa shape index (κ1) is 13.8. The highest BCUT2D eigenvalue weighted by molar-refractivity contribution is 5.92. The summed E-state index contributed by atoms with van der Waals surface area (Å²) in [7, 11) is 0. The molecule has 2 aromatic carbocycles. The van der Waals surface area contributed by atoms with Gasteiger partial charge in [0.1, 0.15) is 0 Å². The number of aryl methyl sites for hydroxylation is 1. The Kier molecular flexibility index (Phi) is 4.02. The molecule has 0 radical (unpaired) electrons. The number of hydrogen-bond donors (Lipinski definition) is 2. The van der Waals surface area contributed by atoms with Gasteiger partial charge in [0, 0.05) is 18.2 Å². The molecule has 0 saturated carbocycles. The van der Waals surface area contributed by atoms with Crippen LogP contribution in [-0.2, 0) is 13.0 Å². The Labute approximate surface area is 125 Å². The summed E-state index contributed by atoms with van der Waals surface area (Å²) in [4.78, 5) is 11.2. The largest absolute Gasteiger partial charge is 0.366 e. The minimum Gasteiger partial charge on any atom is -0.366 e. The molecule has 0 fully saturated rings. The molecule has 3 nitrogen and oxygen atoms in total. The van der Waals surface area contributed by atoms with Crippen LogP contribution in [-0.4, -0.2) is 5.91 Å². The number of carbonyl (C=O) groups is 1. The first-order valence-corrected chi connectivity index (χ1v) is 7.44. The number of hydrogen-bond acceptors (Lipinski definition) is 2. The topological polar surface area (TPSA) is 55.1 Å². The Morgan fingerprint density at radius 3 is 2.90 bits per heavy atom. The maximum atomic E-state index is 11.2. The Bertz CT molecular complexity index is 651. The van der Waals surface area contributed by atoms with E-state index < -0.39 is 0 Å². The Morgan fingerprint density at radius 1 is 1.19 bits per heavy atom. The van der Waals surface area contributed by atoms with Crippen molar-refractivity contribution in [1.82, 2.24) is 5.32 Å². The normalized spacial score (nSPS) is 17.2. The average molecular weight is 280 g/mol. The number of nitrogens with two attached hydrogens (primary N) is 1. The van der Waals surface area contributed by atoms with Crippen molar-refractivity contribution in [1.29, 1.82) is 0 Å². The molecule has 1 aliphatic rings. The van der Waals surface area contributed by atoms with Gasteiger partial charge in [-0.15, -0.1) is 0 Å². The van der Waals surface area contributed by atoms with Crippen molar-refractivity contribution in [3.8, 4) is 0 Å². The molecule has 1 aliphatic carbocycles. The minimum atomic E-state index is -0.375. The molecule has 1 unspecified atom stereocenters. The second-order valence-corrected chi connectivity index (χ2v) is 5.59. The molecule has 108 valence electrons. The van der Waals surface area contributed by atoms with E-state index in [0.29, 0.717) is 11.6 Å². The fourth-order valence-corrected chi connectivity index (χ4v) is 3.04. The van der Waals surface area contributed by atoms with Gasteiger partial charge in [-0.25, -0.2) is 0 Å². The zero-order chi connectivity index (χ0) is 14.7. The molecule has 0 spiro atoms. The van der Waals surface area contributed by atoms with Gasteiger partial charge in [-0.05, 0) is 48.1 Å². The lowest BCUT2D eigenvalue weighted by Gasteiger charge is -2.26. The monoisotopic (exact) mass is 280 g/mol. The van der Waals surface area contributed by atoms with E-state index in [1.807, 2.05) is 18.2 Å². The predicted molar refractivity (Wildman–Crippen MR) is 83.9 cm³/mol. The first-order valence-electron chi connectivity index (χ1n) is 7.44. The van der Waals surface area contributed by atoms with Crippen LogP contribution in [0.25, 0.3) is 0 Å². The fraction of sp³-hybridized carbons (Fsp3) is 0.278. The van der Waals surface area contributed by atoms with E-state index in [2.05, 4.69) is 29.6 Å². The van der Waals surface area contributed by atoms with Crippen LogP contribution in [0.1, 0.15) is 45.9 Å². The zero-order valence-corrected chi connectivity index (χ0v) is 12.0. The molecule has 1 atom stereocenters. The molecular formula is C18H20N2O. The van der Waals surface area contributed by atoms with Crippen molar-refractivity contribution < 1.29 is 4.79 Å². The second kappa shape index (κ2) is 6.10. The number of benzene rings is 2. The lowest BCUT2D eigenvalue weighted by molar-refractivity contribution is 0.1000. The molecule has 3 heteroatoms. The molecule has 3 N–H and O–H groups in total. The average Bonchev–Trinajstić information content (AvgIpc) is 2.53. The van der Waals surface area contributed by atoms with Gasteiger partial charge in [0.15, 0.2) is 0 Å². The SMILES string of the molecule is NC(=O)c1cccc(CNC2CCCc3ccccc32)c1. The van der Waals surface area contributed by atoms with Gasteiger partial charge in [-0.3, -0.25) is 4.79 Å². The first-order chi connectivity index (χ1) is 10.2. The summed E-state index contributed by atoms with van der Waals surface area (Å²) in [6.45, 7) is 0.750. The summed E-state index contributed by atoms with van der Waals surface area (Å²) >= 11 is 0. The van der Waals surface area contributed by atoms with Crippen LogP contribution in [0.3, 0.4) is 0 Å². The van der Waals surface area contributed by atoms with Gasteiger partial charge in [0.05, 0.1) is 0 Å². The van der Waals surface area contributed by atoms with E-state index in [-0.39, 0.29) is 5.91 Å². The maximum Gasteiger partial charge on any atom is 0.248 e. The van der Waals surface area contributed by atoms with Crippen LogP contribution in [0, 0.1) is 0 Å². The number of carbonyl (C=O) groups excluding carboxylic acids is 1. The maximum absolute atomic E-state index is 11.2. The molecule has 0 aliphatic heterocycles. The second-order valence-electron chi connectivity index (χ2n) is 5.59. The highest BCUT2D eigenvalue weighted by Gasteiger charge is 2.18. The fourth-order valence-electron chi connectivity index (χ4n) is 3.04. The molecule has 0 saturated heterocycles. The highest BCUT2D eigenvalue weighted by Crippen LogP contribution is 2.29. The third-order valence-electron chi connectivity index (χ3n) is 4.13. The zero-order valence-electron chi connectivity index (χ0n) is 12.0. The molecule has 3 rings (SSSR count). The van der Waals surface area contributed by atoms with E-state index >= 15 is 0 Å². The summed E-state index contributed by atoms with van der Waals surface area (Å²) in [6, 6.07) is 16.6. The molecule has 0 heterocycles. The lowest BCUT2D eigenvalue weighted by atomic mass is 9.87. The molecule has 0 aromatic heterocycles. The summed E-state index contributed by atoms with van der Waals surface area (Å²) in [6.07, 6.45) is 3.55. The highest BCUT2D eigenvalue weighted by atomic mass is 16.1. The van der Waals surface area contributed by atoms with Crippen LogP contribution < -0.4 is 11.1 Å². The summed E-state index contributed by atoms with van der Waals surface area (Å²) < 4.78 is 0. The number of primary amides is 1. The van der Waals surface area contributed by atoms with Gasteiger partial charge in [-0.2, -0.15) is 0 Å². The number of nitrogens with one attached hydrogen (secondary N) is 1. The third kappa shape index (κ3) is 3.14. The van der Waals surface area contributed by atoms with Crippen LogP contribution in [0.4, 0.5) is 0 Å². The van der Waals surface area contributed by atoms with Crippen molar-refractivity contribution in [2.24, 2.45) is 5.73 Å². The summed E-state index contributed by atoms with van der Waals surface area (Å²) in [5.74, 6) is -0.375. The quantitative estimate of drug-likeness (QED) is 0.904. The van der Waals surface area contributed by atoms with Gasteiger partial charge in [0.2, 0.25) is 5.91 Å². The van der Waals surface area contributed by atoms with Crippen LogP contribution >= 0.6 is 0 Å².